The third-order valence-electron chi connectivity index (χ3n) is 20.1. The molecule has 0 unspecified atom stereocenters. The summed E-state index contributed by atoms with van der Waals surface area (Å²) in [5.74, 6) is 2.93. The molecule has 65 heavy (non-hydrogen) atoms. The number of likely N-dealkylation sites (N-methyl/N-ethyl adjacent to an activating group) is 1. The molecule has 0 saturated heterocycles. The van der Waals surface area contributed by atoms with Crippen molar-refractivity contribution >= 4 is 29.4 Å². The van der Waals surface area contributed by atoms with E-state index in [9.17, 15) is 39.6 Å². The van der Waals surface area contributed by atoms with Gasteiger partial charge in [-0.3, -0.25) is 14.4 Å². The maximum atomic E-state index is 13.9. The lowest BCUT2D eigenvalue weighted by atomic mass is 9.43. The van der Waals surface area contributed by atoms with Gasteiger partial charge in [-0.1, -0.05) is 51.3 Å². The minimum atomic E-state index is -1.19. The van der Waals surface area contributed by atoms with E-state index in [1.54, 1.807) is 7.05 Å². The minimum absolute atomic E-state index is 0.00354. The second-order valence-electron chi connectivity index (χ2n) is 22.8. The first-order valence-corrected chi connectivity index (χ1v) is 24.9. The van der Waals surface area contributed by atoms with Crippen LogP contribution in [0.5, 0.6) is 0 Å². The maximum absolute atomic E-state index is 13.9. The molecule has 8 aliphatic carbocycles. The summed E-state index contributed by atoms with van der Waals surface area (Å²) in [4.78, 5) is 53.4. The standard InChI is InChI=1S/C54H72N2O9/c1-7-54(64)23-21-41-38-15-11-32-24-35(57)14-16-37(32)48(38)39(28-52(41,54)4)31-9-12-34(13-10-31)56(6)46(60)29-55-50(63)65-45-27-43-49(44(59)26-33-25-36(58)20-22-51(33,43)3)42-18-17-40(53(42,45)5)30(2)8-19-47(61)62/h1,9-10,12-13,24,30,33,36,38-45,49,58-59,64H,8,11,14-23,25-29H2,2-6H3,(H,55,63)(H,61,62)/t30-,33+,36-,38+,39-,40-,41+,42+,43+,44-,45+,49+,51+,52+,53-,54+/m1/s1. The van der Waals surface area contributed by atoms with Crippen LogP contribution in [0.2, 0.25) is 0 Å². The summed E-state index contributed by atoms with van der Waals surface area (Å²) in [5.41, 5.74) is 3.37. The summed E-state index contributed by atoms with van der Waals surface area (Å²) < 4.78 is 6.49. The van der Waals surface area contributed by atoms with Crippen LogP contribution in [0.1, 0.15) is 142 Å². The highest BCUT2D eigenvalue weighted by Crippen LogP contribution is 2.70. The minimum Gasteiger partial charge on any atom is -0.481 e. The Hall–Kier alpha value is -3.98. The van der Waals surface area contributed by atoms with Crippen molar-refractivity contribution in [2.75, 3.05) is 18.5 Å². The maximum Gasteiger partial charge on any atom is 0.407 e. The molecule has 0 radical (unpaired) electrons. The number of ketones is 1. The molecule has 2 amide bonds. The number of hydrogen-bond donors (Lipinski definition) is 5. The zero-order valence-corrected chi connectivity index (χ0v) is 39.2. The van der Waals surface area contributed by atoms with Crippen LogP contribution in [0.15, 0.2) is 47.1 Å². The first kappa shape index (κ1) is 46.1. The molecule has 352 valence electrons. The lowest BCUT2D eigenvalue weighted by Gasteiger charge is -2.63. The van der Waals surface area contributed by atoms with E-state index in [0.29, 0.717) is 57.1 Å². The van der Waals surface area contributed by atoms with Gasteiger partial charge in [-0.2, -0.15) is 0 Å². The number of nitrogens with one attached hydrogen (secondary N) is 1. The van der Waals surface area contributed by atoms with Gasteiger partial charge in [-0.05, 0) is 178 Å². The van der Waals surface area contributed by atoms with E-state index in [2.05, 4.69) is 51.1 Å². The topological polar surface area (TPSA) is 174 Å². The van der Waals surface area contributed by atoms with E-state index in [4.69, 9.17) is 11.2 Å². The van der Waals surface area contributed by atoms with Crippen molar-refractivity contribution < 1.29 is 44.3 Å². The number of carboxylic acids is 1. The number of fused-ring (bicyclic) bond motifs is 9. The molecule has 0 aliphatic heterocycles. The molecule has 1 aromatic rings. The fourth-order valence-electron chi connectivity index (χ4n) is 16.5. The number of carbonyl (C=O) groups is 4. The summed E-state index contributed by atoms with van der Waals surface area (Å²) in [5, 5.41) is 46.7. The predicted molar refractivity (Wildman–Crippen MR) is 246 cm³/mol. The van der Waals surface area contributed by atoms with Crippen LogP contribution in [0, 0.1) is 75.9 Å². The van der Waals surface area contributed by atoms with Gasteiger partial charge < -0.3 is 35.4 Å². The smallest absolute Gasteiger partial charge is 0.407 e. The highest BCUT2D eigenvalue weighted by Gasteiger charge is 2.67. The SMILES string of the molecule is C#C[C@]1(O)CC[C@H]2[C@@H]3CCC4=CC(=O)CCC4=C3[C@@H](c3ccc(N(C)C(=O)CNC(=O)O[C@H]4C[C@H]5[C@@H]([C@H](O)C[C@@H]6C[C@H](O)CC[C@@]65C)[C@@H]5CC[C@H]([C@H](C)CCC(=O)O)[C@@]45C)cc3)C[C@@]21C. The van der Waals surface area contributed by atoms with Crippen LogP contribution in [0.25, 0.3) is 0 Å². The van der Waals surface area contributed by atoms with Gasteiger partial charge >= 0.3 is 12.1 Å². The zero-order valence-electron chi connectivity index (χ0n) is 39.2. The number of amides is 2. The van der Waals surface area contributed by atoms with Crippen molar-refractivity contribution in [2.45, 2.75) is 160 Å². The van der Waals surface area contributed by atoms with E-state index >= 15 is 0 Å². The average Bonchev–Trinajstić information content (AvgIpc) is 3.78. The number of hydrogen-bond acceptors (Lipinski definition) is 8. The van der Waals surface area contributed by atoms with Crippen LogP contribution < -0.4 is 10.2 Å². The van der Waals surface area contributed by atoms with Gasteiger partial charge in [-0.25, -0.2) is 4.79 Å². The number of aliphatic hydroxyl groups excluding tert-OH is 2. The van der Waals surface area contributed by atoms with Gasteiger partial charge in [0.05, 0.1) is 12.2 Å². The number of carbonyl (C=O) groups excluding carboxylic acids is 3. The lowest BCUT2D eigenvalue weighted by Crippen LogP contribution is -2.63. The quantitative estimate of drug-likeness (QED) is 0.154. The zero-order chi connectivity index (χ0) is 46.4. The number of aliphatic hydroxyl groups is 3. The Kier molecular flexibility index (Phi) is 12.0. The highest BCUT2D eigenvalue weighted by molar-refractivity contribution is 5.95. The van der Waals surface area contributed by atoms with E-state index in [-0.39, 0.29) is 89.4 Å². The molecular formula is C54H72N2O9. The number of carboxylic acid groups (broad SMARTS) is 1. The number of alkyl carbamates (subject to hydrolysis) is 1. The molecule has 11 nitrogen and oxygen atoms in total. The van der Waals surface area contributed by atoms with Crippen molar-refractivity contribution in [3.05, 3.63) is 52.6 Å². The number of nitrogens with zero attached hydrogens (tertiary/aromatic N) is 1. The molecule has 1 aromatic carbocycles. The molecule has 0 bridgehead atoms. The van der Waals surface area contributed by atoms with Crippen molar-refractivity contribution in [2.24, 2.45) is 63.6 Å². The second kappa shape index (κ2) is 17.0. The summed E-state index contributed by atoms with van der Waals surface area (Å²) >= 11 is 0. The number of ether oxygens (including phenoxy) is 1. The highest BCUT2D eigenvalue weighted by atomic mass is 16.6. The Morgan fingerprint density at radius 2 is 1.71 bits per heavy atom. The predicted octanol–water partition coefficient (Wildman–Crippen LogP) is 8.11. The molecule has 0 spiro atoms. The molecular weight excluding hydrogens is 821 g/mol. The Morgan fingerprint density at radius 3 is 2.43 bits per heavy atom. The van der Waals surface area contributed by atoms with Crippen LogP contribution in [-0.4, -0.2) is 81.7 Å². The number of anilines is 1. The van der Waals surface area contributed by atoms with E-state index in [0.717, 1.165) is 56.1 Å². The van der Waals surface area contributed by atoms with Crippen molar-refractivity contribution in [1.29, 1.82) is 0 Å². The van der Waals surface area contributed by atoms with Gasteiger partial charge in [0.2, 0.25) is 5.91 Å². The van der Waals surface area contributed by atoms with Gasteiger partial charge in [-0.15, -0.1) is 6.42 Å². The molecule has 6 fully saturated rings. The second-order valence-corrected chi connectivity index (χ2v) is 22.8. The van der Waals surface area contributed by atoms with Gasteiger partial charge in [0.1, 0.15) is 18.2 Å². The van der Waals surface area contributed by atoms with E-state index in [1.165, 1.54) is 16.0 Å². The molecule has 0 aromatic heterocycles. The van der Waals surface area contributed by atoms with Gasteiger partial charge in [0.25, 0.3) is 0 Å². The third kappa shape index (κ3) is 7.51. The molecule has 6 saturated carbocycles. The fourth-order valence-corrected chi connectivity index (χ4v) is 16.5. The fraction of sp³-hybridized carbons (Fsp3) is 0.704. The van der Waals surface area contributed by atoms with Crippen molar-refractivity contribution in [3.63, 3.8) is 0 Å². The first-order chi connectivity index (χ1) is 30.8. The lowest BCUT2D eigenvalue weighted by molar-refractivity contribution is -0.206. The molecule has 9 rings (SSSR count). The van der Waals surface area contributed by atoms with Gasteiger partial charge in [0.15, 0.2) is 5.78 Å². The normalized spacial score (nSPS) is 42.1. The summed E-state index contributed by atoms with van der Waals surface area (Å²) in [7, 11) is 1.70. The number of terminal acetylenes is 1. The number of aliphatic carboxylic acids is 1. The summed E-state index contributed by atoms with van der Waals surface area (Å²) in [6, 6.07) is 8.01. The Bertz CT molecular complexity index is 2190. The van der Waals surface area contributed by atoms with Crippen LogP contribution >= 0.6 is 0 Å². The molecule has 5 N–H and O–H groups in total. The average molecular weight is 893 g/mol. The molecule has 11 heteroatoms. The summed E-state index contributed by atoms with van der Waals surface area (Å²) in [6.45, 7) is 8.52. The molecule has 8 aliphatic rings. The van der Waals surface area contributed by atoms with Crippen molar-refractivity contribution in [1.82, 2.24) is 5.32 Å². The van der Waals surface area contributed by atoms with Crippen LogP contribution in [0.4, 0.5) is 10.5 Å². The molecule has 16 atom stereocenters. The number of benzene rings is 1. The number of rotatable bonds is 9. The Labute approximate surface area is 385 Å². The Morgan fingerprint density at radius 1 is 0.954 bits per heavy atom. The van der Waals surface area contributed by atoms with Crippen LogP contribution in [0.3, 0.4) is 0 Å². The van der Waals surface area contributed by atoms with Gasteiger partial charge in [0, 0.05) is 42.3 Å². The number of allylic oxidation sites excluding steroid dienone is 4. The Balaban J connectivity index is 0.915. The molecule has 0 heterocycles. The van der Waals surface area contributed by atoms with Crippen LogP contribution in [-0.2, 0) is 19.1 Å². The first-order valence-electron chi connectivity index (χ1n) is 24.9. The largest absolute Gasteiger partial charge is 0.481 e. The summed E-state index contributed by atoms with van der Waals surface area (Å²) in [6.07, 6.45) is 16.8. The third-order valence-corrected chi connectivity index (χ3v) is 20.1. The van der Waals surface area contributed by atoms with E-state index < -0.39 is 40.7 Å². The monoisotopic (exact) mass is 893 g/mol. The van der Waals surface area contributed by atoms with Crippen molar-refractivity contribution in [3.8, 4) is 12.3 Å². The van der Waals surface area contributed by atoms with E-state index in [1.807, 2.05) is 18.2 Å².